The summed E-state index contributed by atoms with van der Waals surface area (Å²) in [4.78, 5) is 23.9. The Hall–Kier alpha value is -0.521. The number of rotatable bonds is 15. The Morgan fingerprint density at radius 1 is 0.962 bits per heavy atom. The van der Waals surface area contributed by atoms with Gasteiger partial charge < -0.3 is 0 Å². The first kappa shape index (κ1) is 25.5. The minimum atomic E-state index is -2.60. The number of nitrogens with one attached hydrogen (secondary N) is 1. The van der Waals surface area contributed by atoms with Crippen molar-refractivity contribution in [3.05, 3.63) is 10.2 Å². The van der Waals surface area contributed by atoms with Crippen LogP contribution >= 0.6 is 0 Å². The van der Waals surface area contributed by atoms with Crippen LogP contribution in [-0.4, -0.2) is 42.9 Å². The number of esters is 1. The summed E-state index contributed by atoms with van der Waals surface area (Å²) < 4.78 is 10.5. The molecular formula is C21H41NO3Sn. The number of carbonyl (C=O) groups is 2. The molecule has 5 heteroatoms. The van der Waals surface area contributed by atoms with Gasteiger partial charge in [0.2, 0.25) is 0 Å². The van der Waals surface area contributed by atoms with E-state index in [4.69, 9.17) is 4.74 Å². The Morgan fingerprint density at radius 3 is 1.77 bits per heavy atom. The van der Waals surface area contributed by atoms with Gasteiger partial charge in [0.15, 0.2) is 0 Å². The third-order valence-electron chi connectivity index (χ3n) is 5.18. The molecule has 26 heavy (non-hydrogen) atoms. The molecule has 0 fully saturated rings. The van der Waals surface area contributed by atoms with Crippen molar-refractivity contribution < 1.29 is 14.3 Å². The summed E-state index contributed by atoms with van der Waals surface area (Å²) in [5.74, 6) is -0.516. The van der Waals surface area contributed by atoms with Crippen LogP contribution < -0.4 is 5.32 Å². The van der Waals surface area contributed by atoms with Gasteiger partial charge in [-0.15, -0.1) is 0 Å². The monoisotopic (exact) mass is 475 g/mol. The molecule has 0 aliphatic heterocycles. The SMILES string of the molecule is C=[C](CC(NC(C)=O)C(=O)OCC)[Sn]([CH2]CCC)([CH2]CCC)[CH2]CCC. The molecule has 0 heterocycles. The molecule has 0 saturated carbocycles. The van der Waals surface area contributed by atoms with Gasteiger partial charge in [-0.25, -0.2) is 0 Å². The molecule has 0 spiro atoms. The Kier molecular flexibility index (Phi) is 14.2. The molecule has 4 nitrogen and oxygen atoms in total. The van der Waals surface area contributed by atoms with E-state index in [1.807, 2.05) is 0 Å². The van der Waals surface area contributed by atoms with Gasteiger partial charge in [0.25, 0.3) is 0 Å². The van der Waals surface area contributed by atoms with Crippen LogP contribution in [0.2, 0.25) is 13.3 Å². The third-order valence-corrected chi connectivity index (χ3v) is 21.3. The zero-order valence-corrected chi connectivity index (χ0v) is 20.6. The van der Waals surface area contributed by atoms with E-state index in [1.54, 1.807) is 6.92 Å². The van der Waals surface area contributed by atoms with Gasteiger partial charge in [0.1, 0.15) is 0 Å². The Bertz CT molecular complexity index is 415. The molecule has 1 N–H and O–H groups in total. The van der Waals surface area contributed by atoms with Crippen LogP contribution in [-0.2, 0) is 14.3 Å². The van der Waals surface area contributed by atoms with Crippen molar-refractivity contribution in [2.75, 3.05) is 6.61 Å². The summed E-state index contributed by atoms with van der Waals surface area (Å²) in [6.45, 7) is 14.8. The summed E-state index contributed by atoms with van der Waals surface area (Å²) in [5, 5.41) is 2.80. The van der Waals surface area contributed by atoms with Gasteiger partial charge in [0, 0.05) is 0 Å². The normalized spacial score (nSPS) is 12.5. The third kappa shape index (κ3) is 9.42. The zero-order chi connectivity index (χ0) is 20.0. The molecule has 1 atom stereocenters. The molecule has 0 saturated heterocycles. The van der Waals surface area contributed by atoms with Crippen molar-refractivity contribution >= 4 is 30.3 Å². The quantitative estimate of drug-likeness (QED) is 0.256. The first-order valence-corrected chi connectivity index (χ1v) is 18.0. The van der Waals surface area contributed by atoms with Gasteiger partial charge >= 0.3 is 166 Å². The summed E-state index contributed by atoms with van der Waals surface area (Å²) in [7, 11) is 0. The van der Waals surface area contributed by atoms with E-state index in [0.29, 0.717) is 13.0 Å². The van der Waals surface area contributed by atoms with E-state index in [0.717, 1.165) is 0 Å². The minimum absolute atomic E-state index is 0.188. The van der Waals surface area contributed by atoms with Crippen molar-refractivity contribution in [1.82, 2.24) is 5.32 Å². The average molecular weight is 474 g/mol. The van der Waals surface area contributed by atoms with Crippen LogP contribution in [0, 0.1) is 0 Å². The summed E-state index contributed by atoms with van der Waals surface area (Å²) in [5.41, 5.74) is 0. The van der Waals surface area contributed by atoms with Crippen molar-refractivity contribution in [2.24, 2.45) is 0 Å². The number of unbranched alkanes of at least 4 members (excludes halogenated alkanes) is 3. The molecule has 0 aromatic heterocycles. The molecule has 0 aromatic carbocycles. The fourth-order valence-electron chi connectivity index (χ4n) is 3.60. The number of hydrogen-bond donors (Lipinski definition) is 1. The maximum atomic E-state index is 12.3. The van der Waals surface area contributed by atoms with Crippen LogP contribution in [0.15, 0.2) is 10.2 Å². The van der Waals surface area contributed by atoms with E-state index in [1.165, 1.54) is 62.3 Å². The van der Waals surface area contributed by atoms with Crippen molar-refractivity contribution in [2.45, 2.75) is 98.9 Å². The van der Waals surface area contributed by atoms with Crippen LogP contribution in [0.3, 0.4) is 0 Å². The standard InChI is InChI=1S/C9H14NO3.3C4H9.Sn/c1-4-6-8(10-7(3)11)9(12)13-5-2;3*1-3-4-2;/h8H,1,5-6H2,2-3H3,(H,10,11);3*1,3-4H2,2H3;. The second-order valence-corrected chi connectivity index (χ2v) is 21.0. The van der Waals surface area contributed by atoms with E-state index in [2.05, 4.69) is 32.7 Å². The zero-order valence-electron chi connectivity index (χ0n) is 17.8. The van der Waals surface area contributed by atoms with Crippen molar-refractivity contribution in [3.8, 4) is 0 Å². The summed E-state index contributed by atoms with van der Waals surface area (Å²) in [6.07, 6.45) is 7.95. The molecule has 0 rings (SSSR count). The average Bonchev–Trinajstić information content (AvgIpc) is 2.60. The molecule has 0 aromatic rings. The van der Waals surface area contributed by atoms with Gasteiger partial charge in [-0.3, -0.25) is 0 Å². The van der Waals surface area contributed by atoms with Crippen LogP contribution in [0.25, 0.3) is 0 Å². The molecule has 1 unspecified atom stereocenters. The van der Waals surface area contributed by atoms with Gasteiger partial charge in [-0.2, -0.15) is 0 Å². The summed E-state index contributed by atoms with van der Waals surface area (Å²) in [6, 6.07) is -0.582. The topological polar surface area (TPSA) is 55.4 Å². The Balaban J connectivity index is 5.45. The molecule has 0 aliphatic carbocycles. The first-order valence-electron chi connectivity index (χ1n) is 10.5. The van der Waals surface area contributed by atoms with Crippen molar-refractivity contribution in [1.29, 1.82) is 0 Å². The molecule has 152 valence electrons. The fraction of sp³-hybridized carbons (Fsp3) is 0.810. The Labute approximate surface area is 165 Å². The van der Waals surface area contributed by atoms with E-state index >= 15 is 0 Å². The molecule has 0 bridgehead atoms. The Morgan fingerprint density at radius 2 is 1.42 bits per heavy atom. The predicted molar refractivity (Wildman–Crippen MR) is 113 cm³/mol. The molecule has 1 amide bonds. The predicted octanol–water partition coefficient (Wildman–Crippen LogP) is 5.39. The van der Waals surface area contributed by atoms with Crippen LogP contribution in [0.1, 0.15) is 79.6 Å². The van der Waals surface area contributed by atoms with Gasteiger partial charge in [-0.1, -0.05) is 0 Å². The van der Waals surface area contributed by atoms with E-state index < -0.39 is 24.4 Å². The van der Waals surface area contributed by atoms with Gasteiger partial charge in [0.05, 0.1) is 0 Å². The maximum absolute atomic E-state index is 12.3. The summed E-state index contributed by atoms with van der Waals surface area (Å²) >= 11 is -2.60. The number of ether oxygens (including phenoxy) is 1. The van der Waals surface area contributed by atoms with E-state index in [9.17, 15) is 9.59 Å². The second-order valence-electron chi connectivity index (χ2n) is 7.40. The molecule has 0 radical (unpaired) electrons. The fourth-order valence-corrected chi connectivity index (χ4v) is 19.4. The first-order chi connectivity index (χ1) is 12.4. The number of hydrogen-bond acceptors (Lipinski definition) is 3. The van der Waals surface area contributed by atoms with E-state index in [-0.39, 0.29) is 11.9 Å². The molecular weight excluding hydrogens is 433 g/mol. The van der Waals surface area contributed by atoms with Gasteiger partial charge in [-0.05, 0) is 0 Å². The van der Waals surface area contributed by atoms with Crippen LogP contribution in [0.5, 0.6) is 0 Å². The molecule has 0 aliphatic rings. The number of amides is 1. The number of carbonyl (C=O) groups excluding carboxylic acids is 2. The van der Waals surface area contributed by atoms with Crippen molar-refractivity contribution in [3.63, 3.8) is 0 Å². The second kappa shape index (κ2) is 14.5. The van der Waals surface area contributed by atoms with Crippen LogP contribution in [0.4, 0.5) is 0 Å².